The van der Waals surface area contributed by atoms with E-state index in [0.717, 1.165) is 10.5 Å². The topological polar surface area (TPSA) is 96.5 Å². The van der Waals surface area contributed by atoms with Crippen LogP contribution < -0.4 is 20.7 Å². The number of aryl methyl sites for hydroxylation is 1. The number of methoxy groups -OCH3 is 1. The molecule has 9 heteroatoms. The van der Waals surface area contributed by atoms with E-state index in [2.05, 4.69) is 16.0 Å². The van der Waals surface area contributed by atoms with Crippen LogP contribution in [0.4, 0.5) is 11.4 Å². The largest absolute Gasteiger partial charge is 0.497 e. The van der Waals surface area contributed by atoms with E-state index >= 15 is 0 Å². The van der Waals surface area contributed by atoms with Gasteiger partial charge in [0.1, 0.15) is 11.4 Å². The number of thioether (sulfide) groups is 1. The molecule has 0 aliphatic carbocycles. The van der Waals surface area contributed by atoms with Crippen molar-refractivity contribution in [2.75, 3.05) is 17.7 Å². The molecule has 1 unspecified atom stereocenters. The summed E-state index contributed by atoms with van der Waals surface area (Å²) in [7, 11) is 1.57. The summed E-state index contributed by atoms with van der Waals surface area (Å²) in [5.74, 6) is -0.362. The van der Waals surface area contributed by atoms with E-state index in [1.807, 2.05) is 38.1 Å². The maximum Gasteiger partial charge on any atom is 0.272 e. The Labute approximate surface area is 254 Å². The van der Waals surface area contributed by atoms with Gasteiger partial charge in [-0.05, 0) is 91.7 Å². The molecular formula is C33H30ClN3O4S. The minimum atomic E-state index is -0.486. The van der Waals surface area contributed by atoms with Crippen molar-refractivity contribution < 1.29 is 19.1 Å². The number of ether oxygens (including phenoxy) is 1. The number of amides is 3. The van der Waals surface area contributed by atoms with Crippen molar-refractivity contribution in [3.63, 3.8) is 0 Å². The van der Waals surface area contributed by atoms with E-state index in [1.54, 1.807) is 86.0 Å². The van der Waals surface area contributed by atoms with Crippen LogP contribution in [0.1, 0.15) is 28.4 Å². The number of nitrogens with one attached hydrogen (secondary N) is 3. The summed E-state index contributed by atoms with van der Waals surface area (Å²) in [5, 5.41) is 8.67. The Morgan fingerprint density at radius 1 is 0.881 bits per heavy atom. The second kappa shape index (κ2) is 14.4. The number of anilines is 2. The number of halogens is 1. The zero-order valence-corrected chi connectivity index (χ0v) is 24.9. The summed E-state index contributed by atoms with van der Waals surface area (Å²) in [6.45, 7) is 3.72. The monoisotopic (exact) mass is 599 g/mol. The molecule has 3 amide bonds. The van der Waals surface area contributed by atoms with Crippen LogP contribution in [0.3, 0.4) is 0 Å². The number of carbonyl (C=O) groups excluding carboxylic acids is 3. The van der Waals surface area contributed by atoms with E-state index in [0.29, 0.717) is 33.3 Å². The highest BCUT2D eigenvalue weighted by Crippen LogP contribution is 2.27. The molecular weight excluding hydrogens is 570 g/mol. The molecule has 4 aromatic rings. The van der Waals surface area contributed by atoms with Gasteiger partial charge in [-0.25, -0.2) is 0 Å². The standard InChI is InChI=1S/C33H30ClN3O4S/c1-21-9-12-25(34)20-29(21)36-31(38)22(2)42-28-17-13-26(14-18-28)35-33(40)30(19-23-10-15-27(41-3)16-11-23)37-32(39)24-7-5-4-6-8-24/h4-20,22H,1-3H3,(H,35,40)(H,36,38)(H,37,39)/b30-19-. The molecule has 4 rings (SSSR count). The van der Waals surface area contributed by atoms with Gasteiger partial charge in [-0.2, -0.15) is 0 Å². The highest BCUT2D eigenvalue weighted by Gasteiger charge is 2.17. The molecule has 0 saturated carbocycles. The lowest BCUT2D eigenvalue weighted by atomic mass is 10.1. The lowest BCUT2D eigenvalue weighted by Crippen LogP contribution is -2.30. The van der Waals surface area contributed by atoms with Gasteiger partial charge in [-0.3, -0.25) is 14.4 Å². The van der Waals surface area contributed by atoms with Crippen molar-refractivity contribution in [2.45, 2.75) is 24.0 Å². The van der Waals surface area contributed by atoms with Crippen molar-refractivity contribution in [1.29, 1.82) is 0 Å². The maximum absolute atomic E-state index is 13.3. The first kappa shape index (κ1) is 30.4. The van der Waals surface area contributed by atoms with E-state index in [4.69, 9.17) is 16.3 Å². The predicted molar refractivity (Wildman–Crippen MR) is 170 cm³/mol. The molecule has 0 spiro atoms. The van der Waals surface area contributed by atoms with Crippen LogP contribution >= 0.6 is 23.4 Å². The quantitative estimate of drug-likeness (QED) is 0.132. The van der Waals surface area contributed by atoms with Crippen molar-refractivity contribution in [1.82, 2.24) is 5.32 Å². The van der Waals surface area contributed by atoms with Gasteiger partial charge >= 0.3 is 0 Å². The Morgan fingerprint density at radius 2 is 1.57 bits per heavy atom. The lowest BCUT2D eigenvalue weighted by molar-refractivity contribution is -0.115. The molecule has 42 heavy (non-hydrogen) atoms. The summed E-state index contributed by atoms with van der Waals surface area (Å²) in [4.78, 5) is 39.8. The van der Waals surface area contributed by atoms with Gasteiger partial charge in [-0.15, -0.1) is 11.8 Å². The SMILES string of the molecule is COc1ccc(/C=C(\NC(=O)c2ccccc2)C(=O)Nc2ccc(SC(C)C(=O)Nc3cc(Cl)ccc3C)cc2)cc1. The average molecular weight is 600 g/mol. The molecule has 0 bridgehead atoms. The fourth-order valence-electron chi connectivity index (χ4n) is 3.85. The molecule has 0 aliphatic rings. The van der Waals surface area contributed by atoms with Gasteiger partial charge in [0.05, 0.1) is 12.4 Å². The third-order valence-corrected chi connectivity index (χ3v) is 7.55. The maximum atomic E-state index is 13.3. The van der Waals surface area contributed by atoms with Gasteiger partial charge < -0.3 is 20.7 Å². The van der Waals surface area contributed by atoms with Crippen molar-refractivity contribution in [3.8, 4) is 5.75 Å². The molecule has 4 aromatic carbocycles. The number of benzene rings is 4. The van der Waals surface area contributed by atoms with Crippen molar-refractivity contribution in [2.24, 2.45) is 0 Å². The first-order valence-electron chi connectivity index (χ1n) is 13.1. The van der Waals surface area contributed by atoms with Gasteiger partial charge in [0, 0.05) is 26.9 Å². The van der Waals surface area contributed by atoms with Gasteiger partial charge in [0.2, 0.25) is 5.91 Å². The molecule has 214 valence electrons. The van der Waals surface area contributed by atoms with Crippen LogP contribution in [0, 0.1) is 6.92 Å². The third kappa shape index (κ3) is 8.49. The van der Waals surface area contributed by atoms with Crippen molar-refractivity contribution in [3.05, 3.63) is 124 Å². The number of rotatable bonds is 10. The van der Waals surface area contributed by atoms with Crippen LogP contribution in [0.15, 0.2) is 108 Å². The fraction of sp³-hybridized carbons (Fsp3) is 0.121. The average Bonchev–Trinajstić information content (AvgIpc) is 3.00. The Kier molecular flexibility index (Phi) is 10.4. The second-order valence-corrected chi connectivity index (χ2v) is 11.2. The molecule has 0 aromatic heterocycles. The summed E-state index contributed by atoms with van der Waals surface area (Å²) >= 11 is 7.46. The van der Waals surface area contributed by atoms with Crippen LogP contribution in [-0.4, -0.2) is 30.1 Å². The summed E-state index contributed by atoms with van der Waals surface area (Å²) in [5.41, 5.74) is 3.35. The molecule has 0 saturated heterocycles. The van der Waals surface area contributed by atoms with E-state index < -0.39 is 11.8 Å². The Bertz CT molecular complexity index is 1590. The van der Waals surface area contributed by atoms with Crippen LogP contribution in [-0.2, 0) is 9.59 Å². The highest BCUT2D eigenvalue weighted by atomic mass is 35.5. The zero-order valence-electron chi connectivity index (χ0n) is 23.3. The first-order chi connectivity index (χ1) is 20.2. The second-order valence-electron chi connectivity index (χ2n) is 9.34. The first-order valence-corrected chi connectivity index (χ1v) is 14.3. The normalized spacial score (nSPS) is 11.8. The molecule has 0 heterocycles. The molecule has 1 atom stereocenters. The van der Waals surface area contributed by atoms with Gasteiger partial charge in [0.15, 0.2) is 0 Å². The van der Waals surface area contributed by atoms with Gasteiger partial charge in [-0.1, -0.05) is 48.0 Å². The predicted octanol–water partition coefficient (Wildman–Crippen LogP) is 7.19. The summed E-state index contributed by atoms with van der Waals surface area (Å²) in [6, 6.07) is 28.3. The Hall–Kier alpha value is -4.53. The van der Waals surface area contributed by atoms with Crippen LogP contribution in [0.25, 0.3) is 6.08 Å². The fourth-order valence-corrected chi connectivity index (χ4v) is 4.88. The molecule has 3 N–H and O–H groups in total. The number of hydrogen-bond donors (Lipinski definition) is 3. The Morgan fingerprint density at radius 3 is 2.24 bits per heavy atom. The summed E-state index contributed by atoms with van der Waals surface area (Å²) < 4.78 is 5.21. The lowest BCUT2D eigenvalue weighted by Gasteiger charge is -2.14. The molecule has 0 aliphatic heterocycles. The third-order valence-electron chi connectivity index (χ3n) is 6.21. The summed E-state index contributed by atoms with van der Waals surface area (Å²) in [6.07, 6.45) is 1.60. The molecule has 0 fully saturated rings. The van der Waals surface area contributed by atoms with E-state index in [1.165, 1.54) is 11.8 Å². The van der Waals surface area contributed by atoms with Crippen LogP contribution in [0.5, 0.6) is 5.75 Å². The van der Waals surface area contributed by atoms with Gasteiger partial charge in [0.25, 0.3) is 11.8 Å². The number of carbonyl (C=O) groups is 3. The molecule has 7 nitrogen and oxygen atoms in total. The Balaban J connectivity index is 1.44. The van der Waals surface area contributed by atoms with Crippen molar-refractivity contribution >= 4 is 58.5 Å². The van der Waals surface area contributed by atoms with E-state index in [9.17, 15) is 14.4 Å². The van der Waals surface area contributed by atoms with Crippen LogP contribution in [0.2, 0.25) is 5.02 Å². The van der Waals surface area contributed by atoms with E-state index in [-0.39, 0.29) is 16.9 Å². The zero-order chi connectivity index (χ0) is 30.1. The smallest absolute Gasteiger partial charge is 0.272 e. The minimum Gasteiger partial charge on any atom is -0.497 e. The highest BCUT2D eigenvalue weighted by molar-refractivity contribution is 8.00. The number of hydrogen-bond acceptors (Lipinski definition) is 5. The molecule has 0 radical (unpaired) electrons. The minimum absolute atomic E-state index is 0.0778.